The molecule has 98 valence electrons. The monoisotopic (exact) mass is 261 g/mol. The third-order valence-electron chi connectivity index (χ3n) is 2.50. The fraction of sp³-hybridized carbons (Fsp3) is 0.500. The molecule has 4 nitrogen and oxygen atoms in total. The lowest BCUT2D eigenvalue weighted by Crippen LogP contribution is -2.14. The fourth-order valence-corrected chi connectivity index (χ4v) is 1.72. The highest BCUT2D eigenvalue weighted by Crippen LogP contribution is 2.35. The molecule has 0 bridgehead atoms. The van der Waals surface area contributed by atoms with Gasteiger partial charge in [-0.3, -0.25) is 0 Å². The van der Waals surface area contributed by atoms with E-state index in [0.29, 0.717) is 17.9 Å². The van der Waals surface area contributed by atoms with Crippen molar-refractivity contribution < 1.29 is 14.6 Å². The first-order valence-corrected chi connectivity index (χ1v) is 5.23. The van der Waals surface area contributed by atoms with Gasteiger partial charge in [0.15, 0.2) is 0 Å². The van der Waals surface area contributed by atoms with Gasteiger partial charge in [-0.15, -0.1) is 12.4 Å². The molecule has 0 saturated heterocycles. The topological polar surface area (TPSA) is 64.7 Å². The van der Waals surface area contributed by atoms with Crippen LogP contribution in [0.25, 0.3) is 0 Å². The molecule has 0 aliphatic rings. The molecule has 0 spiro atoms. The Morgan fingerprint density at radius 3 is 2.06 bits per heavy atom. The summed E-state index contributed by atoms with van der Waals surface area (Å²) in [6, 6.07) is 3.54. The van der Waals surface area contributed by atoms with Gasteiger partial charge in [-0.25, -0.2) is 0 Å². The van der Waals surface area contributed by atoms with E-state index in [4.69, 9.17) is 20.3 Å². The SMILES string of the molecule is COc1cc(C)cc(OC)c1[C@H](N)CCO.Cl. The fourth-order valence-electron chi connectivity index (χ4n) is 1.72. The smallest absolute Gasteiger partial charge is 0.127 e. The Bertz CT molecular complexity index is 333. The van der Waals surface area contributed by atoms with Crippen LogP contribution in [0.2, 0.25) is 0 Å². The van der Waals surface area contributed by atoms with Crippen LogP contribution in [0.5, 0.6) is 11.5 Å². The highest BCUT2D eigenvalue weighted by Gasteiger charge is 2.17. The molecule has 0 saturated carbocycles. The van der Waals surface area contributed by atoms with Gasteiger partial charge in [0, 0.05) is 12.6 Å². The molecule has 0 aliphatic carbocycles. The highest BCUT2D eigenvalue weighted by atomic mass is 35.5. The summed E-state index contributed by atoms with van der Waals surface area (Å²) < 4.78 is 10.6. The van der Waals surface area contributed by atoms with Crippen LogP contribution < -0.4 is 15.2 Å². The van der Waals surface area contributed by atoms with Crippen molar-refractivity contribution in [2.45, 2.75) is 19.4 Å². The molecule has 0 heterocycles. The van der Waals surface area contributed by atoms with Crippen LogP contribution in [0.3, 0.4) is 0 Å². The maximum absolute atomic E-state index is 8.92. The van der Waals surface area contributed by atoms with E-state index in [2.05, 4.69) is 0 Å². The van der Waals surface area contributed by atoms with Crippen molar-refractivity contribution in [2.24, 2.45) is 5.73 Å². The Morgan fingerprint density at radius 1 is 1.24 bits per heavy atom. The molecule has 17 heavy (non-hydrogen) atoms. The molecule has 1 atom stereocenters. The van der Waals surface area contributed by atoms with E-state index in [9.17, 15) is 0 Å². The predicted molar refractivity (Wildman–Crippen MR) is 70.2 cm³/mol. The van der Waals surface area contributed by atoms with Crippen LogP contribution in [0.15, 0.2) is 12.1 Å². The second-order valence-electron chi connectivity index (χ2n) is 3.70. The van der Waals surface area contributed by atoms with Gasteiger partial charge in [0.1, 0.15) is 11.5 Å². The number of halogens is 1. The predicted octanol–water partition coefficient (Wildman–Crippen LogP) is 1.82. The zero-order valence-corrected chi connectivity index (χ0v) is 11.2. The first-order valence-electron chi connectivity index (χ1n) is 5.23. The Kier molecular flexibility index (Phi) is 6.95. The number of nitrogens with two attached hydrogens (primary N) is 1. The minimum Gasteiger partial charge on any atom is -0.496 e. The molecule has 1 aromatic rings. The van der Waals surface area contributed by atoms with E-state index < -0.39 is 0 Å². The third-order valence-corrected chi connectivity index (χ3v) is 2.50. The van der Waals surface area contributed by atoms with Gasteiger partial charge in [0.05, 0.1) is 19.8 Å². The molecule has 0 aliphatic heterocycles. The van der Waals surface area contributed by atoms with Gasteiger partial charge in [-0.2, -0.15) is 0 Å². The summed E-state index contributed by atoms with van der Waals surface area (Å²) >= 11 is 0. The average Bonchev–Trinajstić information content (AvgIpc) is 2.27. The zero-order valence-electron chi connectivity index (χ0n) is 10.4. The molecular weight excluding hydrogens is 242 g/mol. The molecule has 0 unspecified atom stereocenters. The second kappa shape index (κ2) is 7.37. The van der Waals surface area contributed by atoms with Gasteiger partial charge in [0.2, 0.25) is 0 Å². The molecule has 1 aromatic carbocycles. The lowest BCUT2D eigenvalue weighted by molar-refractivity contribution is 0.273. The first kappa shape index (κ1) is 16.0. The van der Waals surface area contributed by atoms with E-state index in [1.165, 1.54) is 0 Å². The molecule has 3 N–H and O–H groups in total. The number of aryl methyl sites for hydroxylation is 1. The molecule has 1 rings (SSSR count). The number of aliphatic hydroxyl groups is 1. The second-order valence-corrected chi connectivity index (χ2v) is 3.70. The summed E-state index contributed by atoms with van der Waals surface area (Å²) in [4.78, 5) is 0. The maximum Gasteiger partial charge on any atom is 0.127 e. The van der Waals surface area contributed by atoms with Crippen LogP contribution in [0.4, 0.5) is 0 Å². The van der Waals surface area contributed by atoms with E-state index in [1.807, 2.05) is 19.1 Å². The standard InChI is InChI=1S/C12H19NO3.ClH/c1-8-6-10(15-2)12(9(13)4-5-14)11(7-8)16-3;/h6-7,9,14H,4-5,13H2,1-3H3;1H/t9-;/m1./s1. The summed E-state index contributed by atoms with van der Waals surface area (Å²) in [5.41, 5.74) is 7.85. The van der Waals surface area contributed by atoms with E-state index in [-0.39, 0.29) is 25.1 Å². The molecule has 0 amide bonds. The van der Waals surface area contributed by atoms with Crippen molar-refractivity contribution in [1.29, 1.82) is 0 Å². The van der Waals surface area contributed by atoms with Gasteiger partial charge in [-0.1, -0.05) is 0 Å². The normalized spacial score (nSPS) is 11.6. The molecule has 5 heteroatoms. The number of benzene rings is 1. The van der Waals surface area contributed by atoms with Crippen molar-refractivity contribution in [3.8, 4) is 11.5 Å². The van der Waals surface area contributed by atoms with Crippen molar-refractivity contribution in [1.82, 2.24) is 0 Å². The molecule has 0 fully saturated rings. The third kappa shape index (κ3) is 3.77. The quantitative estimate of drug-likeness (QED) is 0.849. The van der Waals surface area contributed by atoms with Crippen molar-refractivity contribution >= 4 is 12.4 Å². The summed E-state index contributed by atoms with van der Waals surface area (Å²) in [5, 5.41) is 8.92. The summed E-state index contributed by atoms with van der Waals surface area (Å²) in [6.07, 6.45) is 0.482. The number of hydrogen-bond donors (Lipinski definition) is 2. The Balaban J connectivity index is 0.00000256. The van der Waals surface area contributed by atoms with Crippen molar-refractivity contribution in [2.75, 3.05) is 20.8 Å². The number of methoxy groups -OCH3 is 2. The van der Waals surface area contributed by atoms with Gasteiger partial charge < -0.3 is 20.3 Å². The largest absolute Gasteiger partial charge is 0.496 e. The van der Waals surface area contributed by atoms with Gasteiger partial charge >= 0.3 is 0 Å². The average molecular weight is 262 g/mol. The summed E-state index contributed by atoms with van der Waals surface area (Å²) in [7, 11) is 3.20. The van der Waals surface area contributed by atoms with Gasteiger partial charge in [-0.05, 0) is 31.0 Å². The Morgan fingerprint density at radius 2 is 1.71 bits per heavy atom. The lowest BCUT2D eigenvalue weighted by Gasteiger charge is -2.19. The van der Waals surface area contributed by atoms with Gasteiger partial charge in [0.25, 0.3) is 0 Å². The maximum atomic E-state index is 8.92. The van der Waals surface area contributed by atoms with Crippen LogP contribution in [0.1, 0.15) is 23.6 Å². The Labute approximate surface area is 108 Å². The number of hydrogen-bond acceptors (Lipinski definition) is 4. The minimum absolute atomic E-state index is 0. The first-order chi connectivity index (χ1) is 7.63. The van der Waals surface area contributed by atoms with E-state index in [1.54, 1.807) is 14.2 Å². The van der Waals surface area contributed by atoms with E-state index >= 15 is 0 Å². The number of rotatable bonds is 5. The summed E-state index contributed by atoms with van der Waals surface area (Å²) in [5.74, 6) is 1.41. The van der Waals surface area contributed by atoms with Crippen LogP contribution in [-0.2, 0) is 0 Å². The van der Waals surface area contributed by atoms with Crippen LogP contribution in [-0.4, -0.2) is 25.9 Å². The molecule has 0 radical (unpaired) electrons. The van der Waals surface area contributed by atoms with Crippen molar-refractivity contribution in [3.63, 3.8) is 0 Å². The van der Waals surface area contributed by atoms with E-state index in [0.717, 1.165) is 11.1 Å². The number of ether oxygens (including phenoxy) is 2. The van der Waals surface area contributed by atoms with Crippen LogP contribution in [0, 0.1) is 6.92 Å². The number of aliphatic hydroxyl groups excluding tert-OH is 1. The summed E-state index contributed by atoms with van der Waals surface area (Å²) in [6.45, 7) is 2.01. The lowest BCUT2D eigenvalue weighted by atomic mass is 10.0. The van der Waals surface area contributed by atoms with Crippen molar-refractivity contribution in [3.05, 3.63) is 23.3 Å². The zero-order chi connectivity index (χ0) is 12.1. The minimum atomic E-state index is -0.282. The molecular formula is C12H20ClNO3. The van der Waals surface area contributed by atoms with Crippen LogP contribution >= 0.6 is 12.4 Å². The molecule has 0 aromatic heterocycles. The Hall–Kier alpha value is -0.970. The highest BCUT2D eigenvalue weighted by molar-refractivity contribution is 5.85.